The first-order chi connectivity index (χ1) is 16.3. The summed E-state index contributed by atoms with van der Waals surface area (Å²) >= 11 is 0. The average molecular weight is 463 g/mol. The lowest BCUT2D eigenvalue weighted by atomic mass is 10.0. The zero-order valence-electron chi connectivity index (χ0n) is 19.8. The van der Waals surface area contributed by atoms with E-state index in [-0.39, 0.29) is 36.8 Å². The van der Waals surface area contributed by atoms with Crippen LogP contribution in [0.15, 0.2) is 78.9 Å². The SMILES string of the molecule is Cc1ccccc1OCC(=O)N(Cc1ccc(F)cc1)[C@@H](Cc1ccccc1)C(=O)NC(C)C. The Hall–Kier alpha value is -3.67. The van der Waals surface area contributed by atoms with Crippen LogP contribution >= 0.6 is 0 Å². The smallest absolute Gasteiger partial charge is 0.261 e. The van der Waals surface area contributed by atoms with Gasteiger partial charge >= 0.3 is 0 Å². The van der Waals surface area contributed by atoms with Crippen molar-refractivity contribution in [2.24, 2.45) is 0 Å². The van der Waals surface area contributed by atoms with Crippen LogP contribution in [0, 0.1) is 12.7 Å². The Balaban J connectivity index is 1.91. The summed E-state index contributed by atoms with van der Waals surface area (Å²) in [5, 5.41) is 2.94. The fourth-order valence-electron chi connectivity index (χ4n) is 3.66. The van der Waals surface area contributed by atoms with Gasteiger partial charge in [0.1, 0.15) is 17.6 Å². The largest absolute Gasteiger partial charge is 0.484 e. The highest BCUT2D eigenvalue weighted by Gasteiger charge is 2.31. The van der Waals surface area contributed by atoms with E-state index >= 15 is 0 Å². The summed E-state index contributed by atoms with van der Waals surface area (Å²) in [5.41, 5.74) is 2.57. The van der Waals surface area contributed by atoms with Gasteiger partial charge in [0.15, 0.2) is 6.61 Å². The van der Waals surface area contributed by atoms with Crippen LogP contribution in [0.5, 0.6) is 5.75 Å². The number of nitrogens with one attached hydrogen (secondary N) is 1. The van der Waals surface area contributed by atoms with E-state index in [4.69, 9.17) is 4.74 Å². The van der Waals surface area contributed by atoms with Gasteiger partial charge in [-0.15, -0.1) is 0 Å². The van der Waals surface area contributed by atoms with Gasteiger partial charge in [0.2, 0.25) is 5.91 Å². The van der Waals surface area contributed by atoms with E-state index in [1.165, 1.54) is 17.0 Å². The minimum absolute atomic E-state index is 0.0863. The lowest BCUT2D eigenvalue weighted by Crippen LogP contribution is -2.52. The fraction of sp³-hybridized carbons (Fsp3) is 0.286. The van der Waals surface area contributed by atoms with Crippen LogP contribution in [0.25, 0.3) is 0 Å². The first-order valence-electron chi connectivity index (χ1n) is 11.4. The van der Waals surface area contributed by atoms with Gasteiger partial charge in [-0.3, -0.25) is 9.59 Å². The number of nitrogens with zero attached hydrogens (tertiary/aromatic N) is 1. The Labute approximate surface area is 200 Å². The Kier molecular flexibility index (Phi) is 8.79. The molecule has 3 aromatic carbocycles. The van der Waals surface area contributed by atoms with Crippen molar-refractivity contribution in [2.45, 2.75) is 45.8 Å². The van der Waals surface area contributed by atoms with Crippen molar-refractivity contribution in [2.75, 3.05) is 6.61 Å². The predicted octanol–water partition coefficient (Wildman–Crippen LogP) is 4.68. The molecule has 0 aliphatic carbocycles. The third kappa shape index (κ3) is 7.17. The summed E-state index contributed by atoms with van der Waals surface area (Å²) in [6, 6.07) is 22.1. The third-order valence-electron chi connectivity index (χ3n) is 5.41. The molecule has 1 N–H and O–H groups in total. The topological polar surface area (TPSA) is 58.6 Å². The maximum Gasteiger partial charge on any atom is 0.261 e. The van der Waals surface area contributed by atoms with E-state index < -0.39 is 6.04 Å². The normalized spacial score (nSPS) is 11.7. The number of carbonyl (C=O) groups is 2. The number of carbonyl (C=O) groups excluding carboxylic acids is 2. The van der Waals surface area contributed by atoms with Gasteiger partial charge in [-0.2, -0.15) is 0 Å². The van der Waals surface area contributed by atoms with Crippen LogP contribution in [0.2, 0.25) is 0 Å². The molecule has 0 aliphatic heterocycles. The molecule has 0 bridgehead atoms. The van der Waals surface area contributed by atoms with E-state index in [1.807, 2.05) is 69.3 Å². The molecular weight excluding hydrogens is 431 g/mol. The van der Waals surface area contributed by atoms with Gasteiger partial charge in [-0.05, 0) is 55.7 Å². The number of hydrogen-bond acceptors (Lipinski definition) is 3. The fourth-order valence-corrected chi connectivity index (χ4v) is 3.66. The second-order valence-corrected chi connectivity index (χ2v) is 8.57. The second-order valence-electron chi connectivity index (χ2n) is 8.57. The molecule has 3 rings (SSSR count). The van der Waals surface area contributed by atoms with Gasteiger partial charge in [-0.1, -0.05) is 60.7 Å². The first-order valence-corrected chi connectivity index (χ1v) is 11.4. The van der Waals surface area contributed by atoms with E-state index in [9.17, 15) is 14.0 Å². The van der Waals surface area contributed by atoms with E-state index in [0.717, 1.165) is 16.7 Å². The molecule has 0 spiro atoms. The predicted molar refractivity (Wildman–Crippen MR) is 131 cm³/mol. The molecule has 0 aliphatic rings. The van der Waals surface area contributed by atoms with Crippen LogP contribution in [-0.4, -0.2) is 35.4 Å². The zero-order chi connectivity index (χ0) is 24.5. The van der Waals surface area contributed by atoms with E-state index in [2.05, 4.69) is 5.32 Å². The molecular formula is C28H31FN2O3. The summed E-state index contributed by atoms with van der Waals surface area (Å²) < 4.78 is 19.3. The Morgan fingerprint density at radius 1 is 0.912 bits per heavy atom. The standard InChI is InChI=1S/C28H31FN2O3/c1-20(2)30-28(33)25(17-22-10-5-4-6-11-22)31(18-23-13-15-24(29)16-14-23)27(32)19-34-26-12-8-7-9-21(26)3/h4-16,20,25H,17-19H2,1-3H3,(H,30,33)/t25-/m0/s1. The van der Waals surface area contributed by atoms with Crippen LogP contribution in [0.3, 0.4) is 0 Å². The second kappa shape index (κ2) is 12.0. The van der Waals surface area contributed by atoms with Crippen molar-refractivity contribution in [1.29, 1.82) is 0 Å². The Bertz CT molecular complexity index is 1080. The van der Waals surface area contributed by atoms with Crippen molar-refractivity contribution in [3.63, 3.8) is 0 Å². The molecule has 0 saturated heterocycles. The summed E-state index contributed by atoms with van der Waals surface area (Å²) in [6.45, 7) is 5.60. The minimum Gasteiger partial charge on any atom is -0.484 e. The van der Waals surface area contributed by atoms with E-state index in [0.29, 0.717) is 12.2 Å². The molecule has 0 heterocycles. The van der Waals surface area contributed by atoms with Crippen LogP contribution in [0.4, 0.5) is 4.39 Å². The van der Waals surface area contributed by atoms with Gasteiger partial charge < -0.3 is 15.0 Å². The molecule has 0 aromatic heterocycles. The summed E-state index contributed by atoms with van der Waals surface area (Å²) in [7, 11) is 0. The molecule has 3 aromatic rings. The Morgan fingerprint density at radius 3 is 2.21 bits per heavy atom. The number of amides is 2. The van der Waals surface area contributed by atoms with Gasteiger partial charge in [-0.25, -0.2) is 4.39 Å². The molecule has 1 atom stereocenters. The monoisotopic (exact) mass is 462 g/mol. The highest BCUT2D eigenvalue weighted by molar-refractivity contribution is 5.88. The molecule has 0 saturated carbocycles. The van der Waals surface area contributed by atoms with Crippen molar-refractivity contribution in [3.8, 4) is 5.75 Å². The van der Waals surface area contributed by atoms with Crippen molar-refractivity contribution in [1.82, 2.24) is 10.2 Å². The van der Waals surface area contributed by atoms with Gasteiger partial charge in [0, 0.05) is 19.0 Å². The number of rotatable bonds is 10. The van der Waals surface area contributed by atoms with Crippen molar-refractivity contribution >= 4 is 11.8 Å². The number of benzene rings is 3. The zero-order valence-corrected chi connectivity index (χ0v) is 19.8. The van der Waals surface area contributed by atoms with E-state index in [1.54, 1.807) is 18.2 Å². The first kappa shape index (κ1) is 25.0. The highest BCUT2D eigenvalue weighted by Crippen LogP contribution is 2.19. The lowest BCUT2D eigenvalue weighted by molar-refractivity contribution is -0.143. The maximum atomic E-state index is 13.5. The Morgan fingerprint density at radius 2 is 1.56 bits per heavy atom. The van der Waals surface area contributed by atoms with Crippen LogP contribution in [0.1, 0.15) is 30.5 Å². The number of hydrogen-bond donors (Lipinski definition) is 1. The maximum absolute atomic E-state index is 13.5. The average Bonchev–Trinajstić information content (AvgIpc) is 2.82. The highest BCUT2D eigenvalue weighted by atomic mass is 19.1. The number of aryl methyl sites for hydroxylation is 1. The molecule has 0 radical (unpaired) electrons. The number of para-hydroxylation sites is 1. The summed E-state index contributed by atoms with van der Waals surface area (Å²) in [5.74, 6) is -0.315. The lowest BCUT2D eigenvalue weighted by Gasteiger charge is -2.32. The quantitative estimate of drug-likeness (QED) is 0.476. The number of halogens is 1. The third-order valence-corrected chi connectivity index (χ3v) is 5.41. The van der Waals surface area contributed by atoms with Gasteiger partial charge in [0.25, 0.3) is 5.91 Å². The van der Waals surface area contributed by atoms with Crippen molar-refractivity contribution in [3.05, 3.63) is 101 Å². The molecule has 6 heteroatoms. The summed E-state index contributed by atoms with van der Waals surface area (Å²) in [6.07, 6.45) is 0.344. The molecule has 5 nitrogen and oxygen atoms in total. The number of ether oxygens (including phenoxy) is 1. The minimum atomic E-state index is -0.761. The van der Waals surface area contributed by atoms with Crippen molar-refractivity contribution < 1.29 is 18.7 Å². The molecule has 178 valence electrons. The summed E-state index contributed by atoms with van der Waals surface area (Å²) in [4.78, 5) is 28.3. The molecule has 34 heavy (non-hydrogen) atoms. The van der Waals surface area contributed by atoms with Crippen LogP contribution < -0.4 is 10.1 Å². The van der Waals surface area contributed by atoms with Crippen LogP contribution in [-0.2, 0) is 22.6 Å². The molecule has 0 fully saturated rings. The molecule has 2 amide bonds. The molecule has 0 unspecified atom stereocenters. The van der Waals surface area contributed by atoms with Gasteiger partial charge in [0.05, 0.1) is 0 Å².